The number of halogens is 20. The Morgan fingerprint density at radius 3 is 0.605 bits per heavy atom. The van der Waals surface area contributed by atoms with E-state index in [-0.39, 0.29) is 14.2 Å². The molecule has 0 heterocycles. The summed E-state index contributed by atoms with van der Waals surface area (Å²) in [6.45, 7) is 0. The van der Waals surface area contributed by atoms with Crippen molar-refractivity contribution in [2.75, 3.05) is 14.2 Å². The average molecular weight is 904 g/mol. The van der Waals surface area contributed by atoms with Crippen molar-refractivity contribution in [3.05, 3.63) is 0 Å². The Bertz CT molecular complexity index is 750. The molecule has 0 aliphatic carbocycles. The predicted molar refractivity (Wildman–Crippen MR) is 108 cm³/mol. The zero-order chi connectivity index (χ0) is 34.8. The first kappa shape index (κ1) is 43.1. The van der Waals surface area contributed by atoms with Gasteiger partial charge in [0, 0.05) is 0 Å². The second kappa shape index (κ2) is 14.1. The molecule has 0 aromatic heterocycles. The van der Waals surface area contributed by atoms with Crippen LogP contribution < -0.4 is 0 Å². The summed E-state index contributed by atoms with van der Waals surface area (Å²) < 4.78 is 262. The Morgan fingerprint density at radius 1 is 0.326 bits per heavy atom. The SMILES string of the molecule is C[O][Sn]([O][Sn]([O]C)([C](F)(F)CCC(F)(F)F)[C](F)(F)CCC(F)(F)F)([C](F)(F)CCC(F)(F)F)[C](F)(F)CCC(F)(F)F. The van der Waals surface area contributed by atoms with E-state index in [4.69, 9.17) is 0 Å². The summed E-state index contributed by atoms with van der Waals surface area (Å²) in [6.07, 6.45) is -45.8. The second-order valence-corrected chi connectivity index (χ2v) is 31.2. The van der Waals surface area contributed by atoms with Crippen molar-refractivity contribution < 1.29 is 95.4 Å². The molecule has 260 valence electrons. The minimum atomic E-state index is -9.29. The van der Waals surface area contributed by atoms with Crippen LogP contribution in [-0.2, 0) is 7.56 Å². The van der Waals surface area contributed by atoms with Gasteiger partial charge in [0.15, 0.2) is 0 Å². The van der Waals surface area contributed by atoms with E-state index in [1.54, 1.807) is 0 Å². The molecular weight excluding hydrogens is 882 g/mol. The molecule has 0 saturated heterocycles. The molecule has 0 rings (SSSR count). The van der Waals surface area contributed by atoms with Crippen molar-refractivity contribution in [1.82, 2.24) is 0 Å². The van der Waals surface area contributed by atoms with Crippen LogP contribution in [0.25, 0.3) is 0 Å². The van der Waals surface area contributed by atoms with Crippen molar-refractivity contribution in [2.24, 2.45) is 0 Å². The van der Waals surface area contributed by atoms with Gasteiger partial charge in [-0.05, 0) is 0 Å². The Balaban J connectivity index is 7.68. The van der Waals surface area contributed by atoms with E-state index in [0.717, 1.165) is 0 Å². The number of alkyl halides is 20. The maximum atomic E-state index is 15.3. The van der Waals surface area contributed by atoms with Crippen LogP contribution >= 0.6 is 0 Å². The molecule has 0 bridgehead atoms. The Kier molecular flexibility index (Phi) is 14.1. The molecular formula is C18H22F20O3Sn2. The fourth-order valence-corrected chi connectivity index (χ4v) is 40.9. The van der Waals surface area contributed by atoms with E-state index < -0.39 is 130 Å². The zero-order valence-electron chi connectivity index (χ0n) is 21.4. The van der Waals surface area contributed by atoms with E-state index in [9.17, 15) is 52.7 Å². The van der Waals surface area contributed by atoms with Crippen LogP contribution in [0.5, 0.6) is 0 Å². The molecule has 0 N–H and O–H groups in total. The zero-order valence-corrected chi connectivity index (χ0v) is 27.1. The summed E-state index contributed by atoms with van der Waals surface area (Å²) in [5.74, 6) is 0. The third-order valence-electron chi connectivity index (χ3n) is 5.68. The summed E-state index contributed by atoms with van der Waals surface area (Å²) in [4.78, 5) is 0. The molecule has 0 aliphatic rings. The van der Waals surface area contributed by atoms with Crippen LogP contribution in [0.4, 0.5) is 87.8 Å². The van der Waals surface area contributed by atoms with Gasteiger partial charge in [-0.1, -0.05) is 0 Å². The van der Waals surface area contributed by atoms with Crippen molar-refractivity contribution in [3.8, 4) is 0 Å². The molecule has 0 aliphatic heterocycles. The number of hydrogen-bond acceptors (Lipinski definition) is 3. The van der Waals surface area contributed by atoms with E-state index in [1.165, 1.54) is 0 Å². The standard InChI is InChI=1S/4C4H4F5.2CH3O.O.2Sn/c4*5-3(6)1-2-4(7,8)9;2*1-2;;;/h4*1-2H2;2*1H3;;;/q;;;;2*-1;;2*+1. The summed E-state index contributed by atoms with van der Waals surface area (Å²) in [7, 11) is -0.708. The van der Waals surface area contributed by atoms with Crippen LogP contribution in [0.2, 0.25) is 0 Å². The average Bonchev–Trinajstić information content (AvgIpc) is 2.78. The normalized spacial score (nSPS) is 15.8. The summed E-state index contributed by atoms with van der Waals surface area (Å²) in [5, 5.41) is 0. The third kappa shape index (κ3) is 11.7. The van der Waals surface area contributed by atoms with E-state index >= 15 is 35.1 Å². The molecule has 0 unspecified atom stereocenters. The van der Waals surface area contributed by atoms with Crippen molar-refractivity contribution in [1.29, 1.82) is 0 Å². The van der Waals surface area contributed by atoms with Gasteiger partial charge in [0.2, 0.25) is 0 Å². The molecule has 0 fully saturated rings. The van der Waals surface area contributed by atoms with Gasteiger partial charge in [0.05, 0.1) is 0 Å². The molecule has 3 nitrogen and oxygen atoms in total. The monoisotopic (exact) mass is 906 g/mol. The summed E-state index contributed by atoms with van der Waals surface area (Å²) in [5.41, 5.74) is 0. The molecule has 0 aromatic carbocycles. The first-order valence-corrected chi connectivity index (χ1v) is 21.6. The van der Waals surface area contributed by atoms with Gasteiger partial charge >= 0.3 is 240 Å². The van der Waals surface area contributed by atoms with Crippen molar-refractivity contribution >= 4 is 38.4 Å². The van der Waals surface area contributed by atoms with Gasteiger partial charge in [-0.25, -0.2) is 0 Å². The van der Waals surface area contributed by atoms with Crippen LogP contribution in [0.15, 0.2) is 0 Å². The quantitative estimate of drug-likeness (QED) is 0.114. The van der Waals surface area contributed by atoms with Crippen LogP contribution in [-0.4, -0.2) is 93.1 Å². The van der Waals surface area contributed by atoms with Gasteiger partial charge in [0.1, 0.15) is 0 Å². The fourth-order valence-electron chi connectivity index (χ4n) is 3.57. The molecule has 25 heteroatoms. The molecule has 0 saturated carbocycles. The Hall–Kier alpha value is 0.0774. The van der Waals surface area contributed by atoms with Gasteiger partial charge in [-0.2, -0.15) is 0 Å². The molecule has 0 amide bonds. The summed E-state index contributed by atoms with van der Waals surface area (Å²) in [6, 6.07) is 0. The first-order valence-electron chi connectivity index (χ1n) is 11.2. The predicted octanol–water partition coefficient (Wildman–Crippen LogP) is 9.25. The van der Waals surface area contributed by atoms with Crippen LogP contribution in [0, 0.1) is 0 Å². The van der Waals surface area contributed by atoms with Gasteiger partial charge in [0.25, 0.3) is 0 Å². The Labute approximate surface area is 239 Å². The number of hydrogen-bond donors (Lipinski definition) is 0. The van der Waals surface area contributed by atoms with E-state index in [0.29, 0.717) is 0 Å². The fraction of sp³-hybridized carbons (Fsp3) is 1.00. The molecule has 0 radical (unpaired) electrons. The van der Waals surface area contributed by atoms with Gasteiger partial charge in [-0.3, -0.25) is 0 Å². The number of rotatable bonds is 16. The Morgan fingerprint density at radius 2 is 0.488 bits per heavy atom. The second-order valence-electron chi connectivity index (χ2n) is 9.02. The summed E-state index contributed by atoms with van der Waals surface area (Å²) >= 11 is -18.6. The maximum absolute atomic E-state index is 15.3. The molecule has 0 spiro atoms. The first-order chi connectivity index (χ1) is 18.7. The van der Waals surface area contributed by atoms with Gasteiger partial charge in [-0.15, -0.1) is 0 Å². The van der Waals surface area contributed by atoms with Crippen molar-refractivity contribution in [3.63, 3.8) is 0 Å². The van der Waals surface area contributed by atoms with E-state index in [1.807, 2.05) is 0 Å². The van der Waals surface area contributed by atoms with Crippen molar-refractivity contribution in [2.45, 2.75) is 91.8 Å². The molecule has 0 aromatic rings. The van der Waals surface area contributed by atoms with Crippen LogP contribution in [0.1, 0.15) is 51.4 Å². The van der Waals surface area contributed by atoms with Gasteiger partial charge < -0.3 is 0 Å². The molecule has 0 atom stereocenters. The van der Waals surface area contributed by atoms with E-state index in [2.05, 4.69) is 7.56 Å². The third-order valence-corrected chi connectivity index (χ3v) is 35.5. The van der Waals surface area contributed by atoms with Crippen LogP contribution in [0.3, 0.4) is 0 Å². The topological polar surface area (TPSA) is 27.7 Å². The minimum absolute atomic E-state index is 0.354. The molecule has 43 heavy (non-hydrogen) atoms.